The van der Waals surface area contributed by atoms with Gasteiger partial charge in [0.05, 0.1) is 23.4 Å². The van der Waals surface area contributed by atoms with Crippen molar-refractivity contribution in [1.29, 1.82) is 5.41 Å². The maximum absolute atomic E-state index is 11.1. The van der Waals surface area contributed by atoms with E-state index < -0.39 is 5.97 Å². The van der Waals surface area contributed by atoms with E-state index in [2.05, 4.69) is 9.97 Å². The highest BCUT2D eigenvalue weighted by Gasteiger charge is 2.25. The number of carbonyl (C=O) groups is 1. The molecule has 0 atom stereocenters. The number of nitrogens with zero attached hydrogens (tertiary/aromatic N) is 3. The Bertz CT molecular complexity index is 876. The zero-order chi connectivity index (χ0) is 20.3. The minimum atomic E-state index is -0.747. The lowest BCUT2D eigenvalue weighted by molar-refractivity contribution is -0.142. The fourth-order valence-electron chi connectivity index (χ4n) is 3.25. The second-order valence-corrected chi connectivity index (χ2v) is 7.15. The summed E-state index contributed by atoms with van der Waals surface area (Å²) in [6, 6.07) is 7.00. The van der Waals surface area contributed by atoms with Crippen molar-refractivity contribution in [2.24, 2.45) is 5.92 Å². The second-order valence-electron chi connectivity index (χ2n) is 7.15. The van der Waals surface area contributed by atoms with Crippen LogP contribution in [0.25, 0.3) is 0 Å². The Morgan fingerprint density at radius 3 is 2.64 bits per heavy atom. The summed E-state index contributed by atoms with van der Waals surface area (Å²) in [5.41, 5.74) is 7.75. The Morgan fingerprint density at radius 1 is 1.29 bits per heavy atom. The van der Waals surface area contributed by atoms with Gasteiger partial charge in [-0.05, 0) is 44.9 Å². The summed E-state index contributed by atoms with van der Waals surface area (Å²) in [4.78, 5) is 21.7. The molecular weight excluding hydrogens is 358 g/mol. The summed E-state index contributed by atoms with van der Waals surface area (Å²) in [7, 11) is 0. The van der Waals surface area contributed by atoms with E-state index in [0.29, 0.717) is 54.4 Å². The third-order valence-corrected chi connectivity index (χ3v) is 4.74. The van der Waals surface area contributed by atoms with E-state index in [4.69, 9.17) is 21.0 Å². The SMILES string of the molecule is CC(C)Oc1ccc(N)c(C(=N)c2cc(N3CCC(C(=O)O)CC3)ncn2)c1. The van der Waals surface area contributed by atoms with Gasteiger partial charge in [-0.1, -0.05) is 0 Å². The largest absolute Gasteiger partial charge is 0.491 e. The van der Waals surface area contributed by atoms with Crippen LogP contribution in [0, 0.1) is 11.3 Å². The fourth-order valence-corrected chi connectivity index (χ4v) is 3.25. The number of nitrogens with two attached hydrogens (primary N) is 1. The van der Waals surface area contributed by atoms with E-state index >= 15 is 0 Å². The molecule has 3 rings (SSSR count). The van der Waals surface area contributed by atoms with E-state index in [1.165, 1.54) is 6.33 Å². The van der Waals surface area contributed by atoms with Gasteiger partial charge in [0.15, 0.2) is 0 Å². The average molecular weight is 383 g/mol. The summed E-state index contributed by atoms with van der Waals surface area (Å²) in [5, 5.41) is 17.7. The topological polar surface area (TPSA) is 125 Å². The van der Waals surface area contributed by atoms with Gasteiger partial charge < -0.3 is 20.5 Å². The zero-order valence-electron chi connectivity index (χ0n) is 16.1. The van der Waals surface area contributed by atoms with Crippen LogP contribution >= 0.6 is 0 Å². The van der Waals surface area contributed by atoms with Crippen LogP contribution in [-0.4, -0.2) is 45.9 Å². The lowest BCUT2D eigenvalue weighted by Crippen LogP contribution is -2.36. The Morgan fingerprint density at radius 2 is 2.00 bits per heavy atom. The molecule has 0 radical (unpaired) electrons. The lowest BCUT2D eigenvalue weighted by Gasteiger charge is -2.31. The summed E-state index contributed by atoms with van der Waals surface area (Å²) in [6.07, 6.45) is 2.60. The number of anilines is 2. The number of nitrogens with one attached hydrogen (secondary N) is 1. The average Bonchev–Trinajstić information content (AvgIpc) is 2.68. The third kappa shape index (κ3) is 4.39. The number of hydrogen-bond donors (Lipinski definition) is 3. The number of carboxylic acids is 1. The predicted octanol–water partition coefficient (Wildman–Crippen LogP) is 2.56. The van der Waals surface area contributed by atoms with Crippen molar-refractivity contribution in [3.8, 4) is 5.75 Å². The first-order valence-corrected chi connectivity index (χ1v) is 9.30. The monoisotopic (exact) mass is 383 g/mol. The van der Waals surface area contributed by atoms with Gasteiger partial charge in [-0.15, -0.1) is 0 Å². The van der Waals surface area contributed by atoms with Crippen LogP contribution in [0.2, 0.25) is 0 Å². The number of rotatable bonds is 6. The van der Waals surface area contributed by atoms with Crippen LogP contribution < -0.4 is 15.4 Å². The van der Waals surface area contributed by atoms with E-state index in [-0.39, 0.29) is 17.7 Å². The second kappa shape index (κ2) is 8.24. The van der Waals surface area contributed by atoms with E-state index in [1.807, 2.05) is 18.7 Å². The number of ether oxygens (including phenoxy) is 1. The number of carboxylic acid groups (broad SMARTS) is 1. The summed E-state index contributed by atoms with van der Waals surface area (Å²) in [5.74, 6) is 0.281. The standard InChI is InChI=1S/C20H25N5O3/c1-12(2)28-14-3-4-16(21)15(9-14)19(22)17-10-18(24-11-23-17)25-7-5-13(6-8-25)20(26)27/h3-4,9-13,22H,5-8,21H2,1-2H3,(H,26,27). The highest BCUT2D eigenvalue weighted by Crippen LogP contribution is 2.25. The van der Waals surface area contributed by atoms with E-state index in [9.17, 15) is 4.79 Å². The van der Waals surface area contributed by atoms with Gasteiger partial charge in [0.1, 0.15) is 17.9 Å². The minimum Gasteiger partial charge on any atom is -0.491 e. The number of nitrogen functional groups attached to an aromatic ring is 1. The predicted molar refractivity (Wildman–Crippen MR) is 107 cm³/mol. The molecule has 0 saturated carbocycles. The molecule has 0 unspecified atom stereocenters. The molecule has 1 aliphatic rings. The van der Waals surface area contributed by atoms with E-state index in [1.54, 1.807) is 24.3 Å². The molecule has 2 aromatic rings. The molecule has 8 nitrogen and oxygen atoms in total. The van der Waals surface area contributed by atoms with Crippen molar-refractivity contribution in [1.82, 2.24) is 9.97 Å². The molecule has 1 aromatic carbocycles. The summed E-state index contributed by atoms with van der Waals surface area (Å²) in [6.45, 7) is 5.10. The first kappa shape index (κ1) is 19.6. The summed E-state index contributed by atoms with van der Waals surface area (Å²) < 4.78 is 5.70. The first-order valence-electron chi connectivity index (χ1n) is 9.30. The van der Waals surface area contributed by atoms with Crippen molar-refractivity contribution in [3.05, 3.63) is 41.9 Å². The normalized spacial score (nSPS) is 14.9. The summed E-state index contributed by atoms with van der Waals surface area (Å²) >= 11 is 0. The fraction of sp³-hybridized carbons (Fsp3) is 0.400. The molecule has 8 heteroatoms. The van der Waals surface area contributed by atoms with Crippen LogP contribution in [-0.2, 0) is 4.79 Å². The van der Waals surface area contributed by atoms with Crippen LogP contribution in [0.15, 0.2) is 30.6 Å². The maximum atomic E-state index is 11.1. The van der Waals surface area contributed by atoms with Crippen molar-refractivity contribution in [2.75, 3.05) is 23.7 Å². The van der Waals surface area contributed by atoms with Gasteiger partial charge in [-0.25, -0.2) is 9.97 Å². The molecule has 1 saturated heterocycles. The molecule has 4 N–H and O–H groups in total. The Labute approximate surface area is 163 Å². The Hall–Kier alpha value is -3.16. The van der Waals surface area contributed by atoms with Crippen LogP contribution in [0.4, 0.5) is 11.5 Å². The third-order valence-electron chi connectivity index (χ3n) is 4.74. The molecule has 1 aromatic heterocycles. The number of aromatic nitrogens is 2. The molecule has 0 aliphatic carbocycles. The van der Waals surface area contributed by atoms with Crippen molar-refractivity contribution < 1.29 is 14.6 Å². The molecule has 0 amide bonds. The van der Waals surface area contributed by atoms with Crippen molar-refractivity contribution in [3.63, 3.8) is 0 Å². The number of piperidine rings is 1. The molecule has 0 bridgehead atoms. The quantitative estimate of drug-likeness (QED) is 0.517. The number of benzene rings is 1. The first-order chi connectivity index (χ1) is 13.3. The van der Waals surface area contributed by atoms with Gasteiger partial charge in [-0.3, -0.25) is 10.2 Å². The highest BCUT2D eigenvalue weighted by atomic mass is 16.5. The highest BCUT2D eigenvalue weighted by molar-refractivity contribution is 6.13. The van der Waals surface area contributed by atoms with Crippen LogP contribution in [0.5, 0.6) is 5.75 Å². The van der Waals surface area contributed by atoms with Gasteiger partial charge in [0.25, 0.3) is 0 Å². The smallest absolute Gasteiger partial charge is 0.306 e. The molecule has 148 valence electrons. The van der Waals surface area contributed by atoms with E-state index in [0.717, 1.165) is 0 Å². The molecule has 2 heterocycles. The van der Waals surface area contributed by atoms with Gasteiger partial charge in [0, 0.05) is 30.4 Å². The van der Waals surface area contributed by atoms with Crippen LogP contribution in [0.3, 0.4) is 0 Å². The zero-order valence-corrected chi connectivity index (χ0v) is 16.1. The minimum absolute atomic E-state index is 0.0186. The Kier molecular flexibility index (Phi) is 5.77. The number of aliphatic carboxylic acids is 1. The maximum Gasteiger partial charge on any atom is 0.306 e. The van der Waals surface area contributed by atoms with Crippen molar-refractivity contribution >= 4 is 23.2 Å². The lowest BCUT2D eigenvalue weighted by atomic mass is 9.97. The van der Waals surface area contributed by atoms with Crippen molar-refractivity contribution in [2.45, 2.75) is 32.8 Å². The van der Waals surface area contributed by atoms with Gasteiger partial charge in [-0.2, -0.15) is 0 Å². The van der Waals surface area contributed by atoms with Crippen LogP contribution in [0.1, 0.15) is 37.9 Å². The van der Waals surface area contributed by atoms with Gasteiger partial charge >= 0.3 is 5.97 Å². The molecular formula is C20H25N5O3. The molecule has 0 spiro atoms. The Balaban J connectivity index is 1.80. The van der Waals surface area contributed by atoms with Gasteiger partial charge in [0.2, 0.25) is 0 Å². The molecule has 1 fully saturated rings. The molecule has 1 aliphatic heterocycles. The molecule has 28 heavy (non-hydrogen) atoms. The number of hydrogen-bond acceptors (Lipinski definition) is 7.